The predicted molar refractivity (Wildman–Crippen MR) is 103 cm³/mol. The van der Waals surface area contributed by atoms with E-state index in [2.05, 4.69) is 25.7 Å². The van der Waals surface area contributed by atoms with Crippen LogP contribution in [0.3, 0.4) is 0 Å². The van der Waals surface area contributed by atoms with Crippen LogP contribution in [0.2, 0.25) is 0 Å². The third-order valence-corrected chi connectivity index (χ3v) is 8.02. The number of halogens is 3. The highest BCUT2D eigenvalue weighted by atomic mass is 32.2. The van der Waals surface area contributed by atoms with Crippen molar-refractivity contribution in [2.24, 2.45) is 0 Å². The Labute approximate surface area is 166 Å². The summed E-state index contributed by atoms with van der Waals surface area (Å²) in [5.41, 5.74) is -1.86. The molecule has 3 rings (SSSR count). The van der Waals surface area contributed by atoms with Crippen LogP contribution in [0.4, 0.5) is 18.9 Å². The molecule has 3 atom stereocenters. The fraction of sp³-hybridized carbons (Fsp3) is 0.389. The second-order valence-corrected chi connectivity index (χ2v) is 9.01. The van der Waals surface area contributed by atoms with Gasteiger partial charge in [0.1, 0.15) is 5.25 Å². The Morgan fingerprint density at radius 1 is 1.25 bits per heavy atom. The molecule has 10 heteroatoms. The molecule has 2 aliphatic heterocycles. The fourth-order valence-corrected chi connectivity index (χ4v) is 7.21. The normalized spacial score (nSPS) is 25.1. The number of alkyl halides is 3. The topological polar surface area (TPSA) is 81.4 Å². The average Bonchev–Trinajstić information content (AvgIpc) is 2.95. The zero-order chi connectivity index (χ0) is 21.7. The van der Waals surface area contributed by atoms with Gasteiger partial charge >= 0.3 is 6.18 Å². The van der Waals surface area contributed by atoms with Crippen LogP contribution in [0.5, 0.6) is 0 Å². The number of thioether (sulfide) groups is 1. The molecule has 1 aromatic carbocycles. The summed E-state index contributed by atoms with van der Waals surface area (Å²) in [4.78, 5) is 0. The number of terminal acetylenes is 2. The highest BCUT2D eigenvalue weighted by Gasteiger charge is 2.52. The number of aliphatic hydroxyl groups is 1. The second kappa shape index (κ2) is 9.25. The fourth-order valence-electron chi connectivity index (χ4n) is 3.08. The van der Waals surface area contributed by atoms with E-state index >= 15 is 0 Å². The van der Waals surface area contributed by atoms with Gasteiger partial charge in [0.15, 0.2) is 0 Å². The minimum Gasteiger partial charge on any atom is -0.392 e. The van der Waals surface area contributed by atoms with E-state index in [-0.39, 0.29) is 17.5 Å². The molecular formula is C18H17F3N2O3S2. The summed E-state index contributed by atoms with van der Waals surface area (Å²) in [5.74, 6) is 0.604. The van der Waals surface area contributed by atoms with Crippen molar-refractivity contribution < 1.29 is 26.7 Å². The monoisotopic (exact) mass is 430 g/mol. The molecule has 1 N–H and O–H groups in total. The largest absolute Gasteiger partial charge is 0.417 e. The lowest BCUT2D eigenvalue weighted by Crippen LogP contribution is -2.42. The van der Waals surface area contributed by atoms with Gasteiger partial charge in [-0.3, -0.25) is 4.31 Å². The van der Waals surface area contributed by atoms with Crippen LogP contribution in [0.25, 0.3) is 0 Å². The average molecular weight is 430 g/mol. The van der Waals surface area contributed by atoms with E-state index in [1.165, 1.54) is 23.9 Å². The van der Waals surface area contributed by atoms with Crippen molar-refractivity contribution in [2.45, 2.75) is 29.2 Å². The summed E-state index contributed by atoms with van der Waals surface area (Å²) >= 11 is 1.40. The van der Waals surface area contributed by atoms with Crippen molar-refractivity contribution in [1.82, 2.24) is 0 Å². The summed E-state index contributed by atoms with van der Waals surface area (Å²) in [6.45, 7) is 0.0118. The highest BCUT2D eigenvalue weighted by molar-refractivity contribution is 8.02. The van der Waals surface area contributed by atoms with Gasteiger partial charge in [-0.2, -0.15) is 30.2 Å². The minimum atomic E-state index is -4.76. The summed E-state index contributed by atoms with van der Waals surface area (Å²) in [7, 11) is -3.96. The first-order valence-electron chi connectivity index (χ1n) is 7.75. The number of sulfonamides is 1. The summed E-state index contributed by atoms with van der Waals surface area (Å²) < 4.78 is 65.5. The summed E-state index contributed by atoms with van der Waals surface area (Å²) in [6, 6.07) is 4.32. The van der Waals surface area contributed by atoms with E-state index in [0.29, 0.717) is 18.2 Å². The van der Waals surface area contributed by atoms with Gasteiger partial charge in [0.05, 0.1) is 29.0 Å². The molecule has 2 heterocycles. The van der Waals surface area contributed by atoms with Crippen LogP contribution < -0.4 is 4.31 Å². The van der Waals surface area contributed by atoms with Gasteiger partial charge < -0.3 is 5.11 Å². The van der Waals surface area contributed by atoms with Gasteiger partial charge in [-0.1, -0.05) is 0 Å². The maximum Gasteiger partial charge on any atom is 0.417 e. The lowest BCUT2D eigenvalue weighted by Gasteiger charge is -2.27. The Bertz CT molecular complexity index is 883. The van der Waals surface area contributed by atoms with E-state index in [1.54, 1.807) is 0 Å². The van der Waals surface area contributed by atoms with Crippen LogP contribution in [0.15, 0.2) is 18.2 Å². The third kappa shape index (κ3) is 4.39. The lowest BCUT2D eigenvalue weighted by atomic mass is 10.1. The number of anilines is 1. The van der Waals surface area contributed by atoms with Crippen molar-refractivity contribution in [1.29, 1.82) is 5.26 Å². The Hall–Kier alpha value is -2.32. The predicted octanol–water partition coefficient (Wildman–Crippen LogP) is 2.46. The highest BCUT2D eigenvalue weighted by Crippen LogP contribution is 2.42. The zero-order valence-corrected chi connectivity index (χ0v) is 16.1. The third-order valence-electron chi connectivity index (χ3n) is 4.21. The number of rotatable bonds is 1. The molecule has 2 fully saturated rings. The maximum absolute atomic E-state index is 13.1. The molecule has 5 nitrogen and oxygen atoms in total. The molecular weight excluding hydrogens is 413 g/mol. The Morgan fingerprint density at radius 2 is 1.86 bits per heavy atom. The first-order valence-corrected chi connectivity index (χ1v) is 10.3. The maximum atomic E-state index is 13.1. The van der Waals surface area contributed by atoms with E-state index in [9.17, 15) is 26.7 Å². The minimum absolute atomic E-state index is 0.0118. The molecule has 0 spiro atoms. The zero-order valence-electron chi connectivity index (χ0n) is 14.5. The molecule has 0 aromatic heterocycles. The molecule has 2 saturated heterocycles. The number of hydrogen-bond donors (Lipinski definition) is 1. The molecule has 150 valence electrons. The quantitative estimate of drug-likeness (QED) is 0.693. The number of benzene rings is 1. The summed E-state index contributed by atoms with van der Waals surface area (Å²) in [5, 5.41) is 17.4. The number of aliphatic hydroxyl groups excluding tert-OH is 1. The van der Waals surface area contributed by atoms with Crippen molar-refractivity contribution >= 4 is 27.5 Å². The molecule has 0 saturated carbocycles. The van der Waals surface area contributed by atoms with Crippen LogP contribution >= 0.6 is 11.8 Å². The molecule has 0 aliphatic carbocycles. The SMILES string of the molecule is C#C.C#C.N#Cc1ccc(N2CC3SCC[C@@H](O)C3S2(=O)=O)cc1C(F)(F)F. The van der Waals surface area contributed by atoms with E-state index in [0.717, 1.165) is 10.4 Å². The van der Waals surface area contributed by atoms with E-state index in [4.69, 9.17) is 5.26 Å². The first kappa shape index (κ1) is 23.7. The van der Waals surface area contributed by atoms with Crippen LogP contribution in [0.1, 0.15) is 17.5 Å². The van der Waals surface area contributed by atoms with Gasteiger partial charge in [0.25, 0.3) is 0 Å². The molecule has 2 unspecified atom stereocenters. The van der Waals surface area contributed by atoms with Crippen LogP contribution in [-0.2, 0) is 16.2 Å². The molecule has 28 heavy (non-hydrogen) atoms. The Balaban J connectivity index is 0.000000921. The van der Waals surface area contributed by atoms with Crippen molar-refractivity contribution in [3.63, 3.8) is 0 Å². The molecule has 1 aromatic rings. The second-order valence-electron chi connectivity index (χ2n) is 5.65. The van der Waals surface area contributed by atoms with Crippen molar-refractivity contribution in [2.75, 3.05) is 16.6 Å². The summed E-state index contributed by atoms with van der Waals surface area (Å²) in [6.07, 6.45) is 10.6. The van der Waals surface area contributed by atoms with Gasteiger partial charge in [-0.25, -0.2) is 8.42 Å². The van der Waals surface area contributed by atoms with Gasteiger partial charge in [0.2, 0.25) is 10.0 Å². The standard InChI is InChI=1S/C14H13F3N2O3S2.2C2H2/c15-14(16,17)10-5-9(2-1-8(10)6-18)19-7-12-13(24(19,21)22)11(20)3-4-23-12;2*1-2/h1-2,5,11-13,20H,3-4,7H2;2*1-2H/t11-,12?,13?;;/m1../s1. The van der Waals surface area contributed by atoms with Crippen molar-refractivity contribution in [3.05, 3.63) is 29.3 Å². The lowest BCUT2D eigenvalue weighted by molar-refractivity contribution is -0.137. The number of hydrogen-bond acceptors (Lipinski definition) is 5. The smallest absolute Gasteiger partial charge is 0.392 e. The number of nitriles is 1. The molecule has 0 amide bonds. The Kier molecular flexibility index (Phi) is 7.84. The van der Waals surface area contributed by atoms with Gasteiger partial charge in [-0.15, -0.1) is 25.7 Å². The molecule has 2 aliphatic rings. The van der Waals surface area contributed by atoms with Gasteiger partial charge in [-0.05, 0) is 30.4 Å². The van der Waals surface area contributed by atoms with E-state index < -0.39 is 38.7 Å². The molecule has 0 bridgehead atoms. The number of fused-ring (bicyclic) bond motifs is 1. The van der Waals surface area contributed by atoms with Crippen molar-refractivity contribution in [3.8, 4) is 31.8 Å². The van der Waals surface area contributed by atoms with Gasteiger partial charge in [0, 0.05) is 11.8 Å². The molecule has 0 radical (unpaired) electrons. The van der Waals surface area contributed by atoms with E-state index in [1.807, 2.05) is 0 Å². The number of nitrogens with zero attached hydrogens (tertiary/aromatic N) is 2. The van der Waals surface area contributed by atoms with Crippen LogP contribution in [-0.4, -0.2) is 42.4 Å². The van der Waals surface area contributed by atoms with Crippen LogP contribution in [0, 0.1) is 37.0 Å². The Morgan fingerprint density at radius 3 is 2.36 bits per heavy atom. The first-order chi connectivity index (χ1) is 13.2.